The van der Waals surface area contributed by atoms with Crippen molar-refractivity contribution in [2.45, 2.75) is 25.9 Å². The number of nitrogens with zero attached hydrogens (tertiary/aromatic N) is 1. The highest BCUT2D eigenvalue weighted by Gasteiger charge is 2.39. The van der Waals surface area contributed by atoms with E-state index < -0.39 is 11.9 Å². The van der Waals surface area contributed by atoms with Gasteiger partial charge in [0.15, 0.2) is 0 Å². The van der Waals surface area contributed by atoms with E-state index in [1.807, 2.05) is 0 Å². The predicted molar refractivity (Wildman–Crippen MR) is 85.7 cm³/mol. The summed E-state index contributed by atoms with van der Waals surface area (Å²) in [6.45, 7) is 5.82. The van der Waals surface area contributed by atoms with Gasteiger partial charge >= 0.3 is 5.97 Å². The van der Waals surface area contributed by atoms with E-state index in [1.54, 1.807) is 0 Å². The molecule has 2 rings (SSSR count). The molecule has 20 heavy (non-hydrogen) atoms. The van der Waals surface area contributed by atoms with E-state index in [-0.39, 0.29) is 12.1 Å². The summed E-state index contributed by atoms with van der Waals surface area (Å²) in [6, 6.07) is 8.53. The lowest BCUT2D eigenvalue weighted by molar-refractivity contribution is -0.143. The zero-order valence-electron chi connectivity index (χ0n) is 11.8. The topological polar surface area (TPSA) is 49.8 Å². The van der Waals surface area contributed by atoms with Crippen LogP contribution < -0.4 is 0 Å². The molecule has 1 aromatic rings. The van der Waals surface area contributed by atoms with Gasteiger partial charge in [-0.1, -0.05) is 19.1 Å². The van der Waals surface area contributed by atoms with Crippen LogP contribution in [0.1, 0.15) is 25.5 Å². The summed E-state index contributed by atoms with van der Waals surface area (Å²) in [6.07, 6.45) is 0. The Kier molecular flexibility index (Phi) is 5.40. The molecule has 4 nitrogen and oxygen atoms in total. The molecule has 3 unspecified atom stereocenters. The maximum Gasteiger partial charge on any atom is 0.310 e. The summed E-state index contributed by atoms with van der Waals surface area (Å²) < 4.78 is 6.60. The van der Waals surface area contributed by atoms with Gasteiger partial charge in [-0.3, -0.25) is 9.69 Å². The van der Waals surface area contributed by atoms with Crippen LogP contribution in [0.3, 0.4) is 0 Å². The van der Waals surface area contributed by atoms with Gasteiger partial charge in [0.05, 0.1) is 19.1 Å². The third-order valence-electron chi connectivity index (χ3n) is 4.01. The molecular weight excluding hydrogens is 369 g/mol. The van der Waals surface area contributed by atoms with Crippen molar-refractivity contribution in [2.24, 2.45) is 5.92 Å². The molecule has 110 valence electrons. The number of halogens is 1. The van der Waals surface area contributed by atoms with Crippen LogP contribution in [0.25, 0.3) is 0 Å². The minimum atomic E-state index is -0.763. The number of ether oxygens (including phenoxy) is 1. The molecule has 1 aliphatic rings. The molecular formula is C15H20INO3. The molecule has 1 N–H and O–H groups in total. The first-order valence-corrected chi connectivity index (χ1v) is 7.94. The number of aliphatic carboxylic acids is 1. The molecule has 0 radical (unpaired) electrons. The van der Waals surface area contributed by atoms with E-state index in [0.29, 0.717) is 13.2 Å². The normalized spacial score (nSPS) is 24.0. The van der Waals surface area contributed by atoms with Crippen molar-refractivity contribution in [3.05, 3.63) is 33.4 Å². The molecule has 3 atom stereocenters. The van der Waals surface area contributed by atoms with Crippen molar-refractivity contribution in [2.75, 3.05) is 19.8 Å². The summed E-state index contributed by atoms with van der Waals surface area (Å²) in [5.41, 5.74) is 1.21. The Balaban J connectivity index is 2.18. The second-order valence-electron chi connectivity index (χ2n) is 5.11. The Morgan fingerprint density at radius 1 is 1.45 bits per heavy atom. The van der Waals surface area contributed by atoms with Crippen LogP contribution in [0.2, 0.25) is 0 Å². The second-order valence-corrected chi connectivity index (χ2v) is 6.35. The van der Waals surface area contributed by atoms with Crippen molar-refractivity contribution in [1.82, 2.24) is 4.90 Å². The zero-order valence-corrected chi connectivity index (χ0v) is 13.9. The number of carboxylic acid groups (broad SMARTS) is 1. The molecule has 1 fully saturated rings. The number of hydrogen-bond acceptors (Lipinski definition) is 3. The van der Waals surface area contributed by atoms with E-state index in [9.17, 15) is 9.90 Å². The van der Waals surface area contributed by atoms with Crippen LogP contribution in [0.5, 0.6) is 0 Å². The largest absolute Gasteiger partial charge is 0.481 e. The SMILES string of the molecule is CCN(C(C)c1ccc(I)cc1)C1COCC1C(=O)O. The molecule has 1 heterocycles. The Hall–Kier alpha value is -0.660. The number of benzene rings is 1. The third kappa shape index (κ3) is 3.32. The molecule has 5 heteroatoms. The van der Waals surface area contributed by atoms with Gasteiger partial charge in [-0.25, -0.2) is 0 Å². The van der Waals surface area contributed by atoms with E-state index in [1.165, 1.54) is 9.13 Å². The molecule has 1 saturated heterocycles. The van der Waals surface area contributed by atoms with Crippen molar-refractivity contribution >= 4 is 28.6 Å². The van der Waals surface area contributed by atoms with Crippen molar-refractivity contribution in [3.63, 3.8) is 0 Å². The van der Waals surface area contributed by atoms with Gasteiger partial charge in [0.25, 0.3) is 0 Å². The van der Waals surface area contributed by atoms with Gasteiger partial charge in [0.1, 0.15) is 0 Å². The quantitative estimate of drug-likeness (QED) is 0.787. The lowest BCUT2D eigenvalue weighted by Crippen LogP contribution is -2.44. The van der Waals surface area contributed by atoms with Crippen LogP contribution in [-0.2, 0) is 9.53 Å². The number of carboxylic acids is 1. The van der Waals surface area contributed by atoms with Gasteiger partial charge in [0.2, 0.25) is 0 Å². The Labute approximate surface area is 133 Å². The van der Waals surface area contributed by atoms with Gasteiger partial charge < -0.3 is 9.84 Å². The van der Waals surface area contributed by atoms with Crippen LogP contribution in [-0.4, -0.2) is 41.8 Å². The first-order chi connectivity index (χ1) is 9.54. The van der Waals surface area contributed by atoms with Crippen molar-refractivity contribution in [1.29, 1.82) is 0 Å². The maximum absolute atomic E-state index is 11.3. The van der Waals surface area contributed by atoms with Crippen molar-refractivity contribution in [3.8, 4) is 0 Å². The number of likely N-dealkylation sites (N-methyl/N-ethyl adjacent to an activating group) is 1. The van der Waals surface area contributed by atoms with Gasteiger partial charge in [-0.15, -0.1) is 0 Å². The highest BCUT2D eigenvalue weighted by molar-refractivity contribution is 14.1. The molecule has 0 bridgehead atoms. The van der Waals surface area contributed by atoms with E-state index in [0.717, 1.165) is 6.54 Å². The summed E-state index contributed by atoms with van der Waals surface area (Å²) in [7, 11) is 0. The van der Waals surface area contributed by atoms with Gasteiger partial charge in [-0.2, -0.15) is 0 Å². The monoisotopic (exact) mass is 389 g/mol. The van der Waals surface area contributed by atoms with Crippen LogP contribution in [0, 0.1) is 9.49 Å². The third-order valence-corrected chi connectivity index (χ3v) is 4.73. The number of carbonyl (C=O) groups is 1. The van der Waals surface area contributed by atoms with Gasteiger partial charge in [-0.05, 0) is 53.8 Å². The fourth-order valence-electron chi connectivity index (χ4n) is 2.83. The molecule has 1 aromatic carbocycles. The first-order valence-electron chi connectivity index (χ1n) is 6.86. The standard InChI is InChI=1S/C15H20INO3/c1-3-17(14-9-20-8-13(14)15(18)19)10(2)11-4-6-12(16)7-5-11/h4-7,10,13-14H,3,8-9H2,1-2H3,(H,18,19). The van der Waals surface area contributed by atoms with E-state index in [2.05, 4.69) is 65.6 Å². The Morgan fingerprint density at radius 2 is 2.10 bits per heavy atom. The maximum atomic E-state index is 11.3. The fraction of sp³-hybridized carbons (Fsp3) is 0.533. The summed E-state index contributed by atoms with van der Waals surface area (Å²) in [4.78, 5) is 13.6. The zero-order chi connectivity index (χ0) is 14.7. The average Bonchev–Trinajstić information content (AvgIpc) is 2.89. The van der Waals surface area contributed by atoms with Crippen LogP contribution in [0.4, 0.5) is 0 Å². The van der Waals surface area contributed by atoms with E-state index in [4.69, 9.17) is 4.74 Å². The smallest absolute Gasteiger partial charge is 0.310 e. The number of rotatable bonds is 5. The molecule has 0 spiro atoms. The van der Waals surface area contributed by atoms with Crippen molar-refractivity contribution < 1.29 is 14.6 Å². The summed E-state index contributed by atoms with van der Waals surface area (Å²) in [5, 5.41) is 9.31. The van der Waals surface area contributed by atoms with E-state index >= 15 is 0 Å². The Morgan fingerprint density at radius 3 is 2.65 bits per heavy atom. The van der Waals surface area contributed by atoms with Crippen LogP contribution in [0.15, 0.2) is 24.3 Å². The Bertz CT molecular complexity index is 463. The summed E-state index contributed by atoms with van der Waals surface area (Å²) >= 11 is 2.29. The molecule has 0 saturated carbocycles. The second kappa shape index (κ2) is 6.87. The lowest BCUT2D eigenvalue weighted by atomic mass is 9.98. The highest BCUT2D eigenvalue weighted by Crippen LogP contribution is 2.29. The molecule has 0 aromatic heterocycles. The first kappa shape index (κ1) is 15.7. The molecule has 0 amide bonds. The average molecular weight is 389 g/mol. The van der Waals surface area contributed by atoms with Crippen LogP contribution >= 0.6 is 22.6 Å². The minimum Gasteiger partial charge on any atom is -0.481 e. The lowest BCUT2D eigenvalue weighted by Gasteiger charge is -2.34. The highest BCUT2D eigenvalue weighted by atomic mass is 127. The summed E-state index contributed by atoms with van der Waals surface area (Å²) in [5.74, 6) is -1.19. The minimum absolute atomic E-state index is 0.0493. The number of hydrogen-bond donors (Lipinski definition) is 1. The van der Waals surface area contributed by atoms with Gasteiger partial charge in [0, 0.05) is 15.7 Å². The molecule has 1 aliphatic heterocycles. The molecule has 0 aliphatic carbocycles. The predicted octanol–water partition coefficient (Wildman–Crippen LogP) is 2.77. The fourth-order valence-corrected chi connectivity index (χ4v) is 3.19.